The van der Waals surface area contributed by atoms with Crippen LogP contribution in [0.3, 0.4) is 0 Å². The molecule has 2 rings (SSSR count). The lowest BCUT2D eigenvalue weighted by Crippen LogP contribution is -2.06. The van der Waals surface area contributed by atoms with E-state index in [2.05, 4.69) is 18.2 Å². The third-order valence-corrected chi connectivity index (χ3v) is 3.95. The van der Waals surface area contributed by atoms with Gasteiger partial charge in [-0.25, -0.2) is 0 Å². The summed E-state index contributed by atoms with van der Waals surface area (Å²) in [6, 6.07) is 6.47. The third kappa shape index (κ3) is 2.29. The Kier molecular flexibility index (Phi) is 3.38. The monoisotopic (exact) mass is 229 g/mol. The van der Waals surface area contributed by atoms with Gasteiger partial charge in [0.15, 0.2) is 0 Å². The number of phenolic OH excluding ortho intramolecular Hbond substituents is 1. The largest absolute Gasteiger partial charge is 0.507 e. The van der Waals surface area contributed by atoms with Gasteiger partial charge in [0.1, 0.15) is 5.75 Å². The van der Waals surface area contributed by atoms with Crippen LogP contribution in [0, 0.1) is 31.1 Å². The van der Waals surface area contributed by atoms with Gasteiger partial charge in [-0.05, 0) is 55.2 Å². The summed E-state index contributed by atoms with van der Waals surface area (Å²) in [6.07, 6.45) is 4.22. The second kappa shape index (κ2) is 4.79. The van der Waals surface area contributed by atoms with Crippen LogP contribution in [0.4, 0.5) is 0 Å². The minimum absolute atomic E-state index is 0.406. The van der Waals surface area contributed by atoms with E-state index in [0.29, 0.717) is 24.0 Å². The molecule has 1 aromatic carbocycles. The van der Waals surface area contributed by atoms with Gasteiger partial charge in [-0.15, -0.1) is 0 Å². The maximum atomic E-state index is 9.79. The molecule has 0 unspecified atom stereocenters. The van der Waals surface area contributed by atoms with Crippen molar-refractivity contribution in [3.05, 3.63) is 28.8 Å². The summed E-state index contributed by atoms with van der Waals surface area (Å²) in [5.74, 6) is 1.42. The SMILES string of the molecule is Cc1cc([C@@H]2CCC[C@@H]2CC#N)cc(C)c1O. The molecule has 0 aromatic heterocycles. The molecular weight excluding hydrogens is 210 g/mol. The molecule has 0 spiro atoms. The predicted octanol–water partition coefficient (Wildman–Crippen LogP) is 3.81. The molecular formula is C15H19NO. The number of benzene rings is 1. The first kappa shape index (κ1) is 12.0. The van der Waals surface area contributed by atoms with E-state index in [0.717, 1.165) is 17.5 Å². The van der Waals surface area contributed by atoms with Gasteiger partial charge >= 0.3 is 0 Å². The number of nitrogens with zero attached hydrogens (tertiary/aromatic N) is 1. The number of rotatable bonds is 2. The molecule has 17 heavy (non-hydrogen) atoms. The van der Waals surface area contributed by atoms with Crippen molar-refractivity contribution in [1.29, 1.82) is 5.26 Å². The number of hydrogen-bond acceptors (Lipinski definition) is 2. The highest BCUT2D eigenvalue weighted by Gasteiger charge is 2.28. The molecule has 2 heteroatoms. The van der Waals surface area contributed by atoms with Crippen LogP contribution in [-0.2, 0) is 0 Å². The van der Waals surface area contributed by atoms with Crippen LogP contribution in [-0.4, -0.2) is 5.11 Å². The first-order valence-electron chi connectivity index (χ1n) is 6.30. The molecule has 2 atom stereocenters. The molecule has 1 aromatic rings. The van der Waals surface area contributed by atoms with Crippen molar-refractivity contribution in [1.82, 2.24) is 0 Å². The summed E-state index contributed by atoms with van der Waals surface area (Å²) in [5.41, 5.74) is 3.20. The van der Waals surface area contributed by atoms with E-state index in [4.69, 9.17) is 5.26 Å². The van der Waals surface area contributed by atoms with Crippen molar-refractivity contribution in [2.24, 2.45) is 5.92 Å². The Morgan fingerprint density at radius 1 is 1.29 bits per heavy atom. The highest BCUT2D eigenvalue weighted by Crippen LogP contribution is 2.42. The van der Waals surface area contributed by atoms with Gasteiger partial charge in [0.25, 0.3) is 0 Å². The average Bonchev–Trinajstić information content (AvgIpc) is 2.74. The number of aromatic hydroxyl groups is 1. The van der Waals surface area contributed by atoms with Gasteiger partial charge in [0.2, 0.25) is 0 Å². The summed E-state index contributed by atoms with van der Waals surface area (Å²) in [6.45, 7) is 3.89. The molecule has 0 bridgehead atoms. The zero-order chi connectivity index (χ0) is 12.4. The van der Waals surface area contributed by atoms with Crippen LogP contribution in [0.25, 0.3) is 0 Å². The Hall–Kier alpha value is -1.49. The fraction of sp³-hybridized carbons (Fsp3) is 0.533. The summed E-state index contributed by atoms with van der Waals surface area (Å²) < 4.78 is 0. The van der Waals surface area contributed by atoms with Crippen LogP contribution in [0.15, 0.2) is 12.1 Å². The first-order valence-corrected chi connectivity index (χ1v) is 6.30. The van der Waals surface area contributed by atoms with E-state index in [1.165, 1.54) is 18.4 Å². The van der Waals surface area contributed by atoms with Crippen LogP contribution < -0.4 is 0 Å². The third-order valence-electron chi connectivity index (χ3n) is 3.95. The van der Waals surface area contributed by atoms with Gasteiger partial charge in [-0.1, -0.05) is 18.6 Å². The van der Waals surface area contributed by atoms with Gasteiger partial charge in [-0.3, -0.25) is 0 Å². The molecule has 0 radical (unpaired) electrons. The van der Waals surface area contributed by atoms with E-state index in [-0.39, 0.29) is 0 Å². The fourth-order valence-corrected chi connectivity index (χ4v) is 3.04. The minimum Gasteiger partial charge on any atom is -0.507 e. The number of nitriles is 1. The van der Waals surface area contributed by atoms with Crippen molar-refractivity contribution in [3.63, 3.8) is 0 Å². The van der Waals surface area contributed by atoms with Gasteiger partial charge < -0.3 is 5.11 Å². The number of hydrogen-bond donors (Lipinski definition) is 1. The Morgan fingerprint density at radius 2 is 1.94 bits per heavy atom. The fourth-order valence-electron chi connectivity index (χ4n) is 3.04. The normalized spacial score (nSPS) is 23.6. The number of phenols is 1. The zero-order valence-corrected chi connectivity index (χ0v) is 10.5. The Morgan fingerprint density at radius 3 is 2.53 bits per heavy atom. The first-order chi connectivity index (χ1) is 8.13. The lowest BCUT2D eigenvalue weighted by molar-refractivity contribution is 0.463. The zero-order valence-electron chi connectivity index (χ0n) is 10.5. The van der Waals surface area contributed by atoms with Crippen LogP contribution in [0.1, 0.15) is 48.3 Å². The van der Waals surface area contributed by atoms with E-state index in [1.54, 1.807) is 0 Å². The molecule has 2 nitrogen and oxygen atoms in total. The van der Waals surface area contributed by atoms with Gasteiger partial charge in [0, 0.05) is 6.42 Å². The summed E-state index contributed by atoms with van der Waals surface area (Å²) in [5, 5.41) is 18.6. The molecule has 0 amide bonds. The number of aryl methyl sites for hydroxylation is 2. The van der Waals surface area contributed by atoms with E-state index >= 15 is 0 Å². The summed E-state index contributed by atoms with van der Waals surface area (Å²) in [4.78, 5) is 0. The van der Waals surface area contributed by atoms with E-state index in [1.807, 2.05) is 13.8 Å². The van der Waals surface area contributed by atoms with Crippen molar-refractivity contribution in [2.45, 2.75) is 45.4 Å². The van der Waals surface area contributed by atoms with Gasteiger partial charge in [-0.2, -0.15) is 5.26 Å². The molecule has 1 aliphatic rings. The standard InChI is InChI=1S/C15H19NO/c1-10-8-13(9-11(2)15(10)17)14-5-3-4-12(14)6-7-16/h8-9,12,14,17H,3-6H2,1-2H3/t12-,14-/m1/s1. The second-order valence-electron chi connectivity index (χ2n) is 5.16. The summed E-state index contributed by atoms with van der Waals surface area (Å²) >= 11 is 0. The molecule has 1 N–H and O–H groups in total. The van der Waals surface area contributed by atoms with Crippen molar-refractivity contribution >= 4 is 0 Å². The quantitative estimate of drug-likeness (QED) is 0.838. The topological polar surface area (TPSA) is 44.0 Å². The van der Waals surface area contributed by atoms with Crippen molar-refractivity contribution in [3.8, 4) is 11.8 Å². The Balaban J connectivity index is 2.31. The molecule has 0 heterocycles. The minimum atomic E-state index is 0.406. The van der Waals surface area contributed by atoms with Crippen molar-refractivity contribution < 1.29 is 5.11 Å². The molecule has 1 saturated carbocycles. The predicted molar refractivity (Wildman–Crippen MR) is 67.9 cm³/mol. The molecule has 0 aliphatic heterocycles. The average molecular weight is 229 g/mol. The lowest BCUT2D eigenvalue weighted by atomic mass is 9.85. The molecule has 90 valence electrons. The van der Waals surface area contributed by atoms with E-state index < -0.39 is 0 Å². The molecule has 0 saturated heterocycles. The second-order valence-corrected chi connectivity index (χ2v) is 5.16. The smallest absolute Gasteiger partial charge is 0.121 e. The molecule has 1 aliphatic carbocycles. The van der Waals surface area contributed by atoms with Crippen LogP contribution in [0.2, 0.25) is 0 Å². The van der Waals surface area contributed by atoms with Crippen molar-refractivity contribution in [2.75, 3.05) is 0 Å². The molecule has 1 fully saturated rings. The lowest BCUT2D eigenvalue weighted by Gasteiger charge is -2.19. The summed E-state index contributed by atoms with van der Waals surface area (Å²) in [7, 11) is 0. The Labute approximate surface area is 103 Å². The van der Waals surface area contributed by atoms with Gasteiger partial charge in [0.05, 0.1) is 6.07 Å². The maximum absolute atomic E-state index is 9.79. The maximum Gasteiger partial charge on any atom is 0.121 e. The highest BCUT2D eigenvalue weighted by atomic mass is 16.3. The van der Waals surface area contributed by atoms with E-state index in [9.17, 15) is 5.11 Å². The van der Waals surface area contributed by atoms with Crippen LogP contribution >= 0.6 is 0 Å². The van der Waals surface area contributed by atoms with Crippen LogP contribution in [0.5, 0.6) is 5.75 Å². The highest BCUT2D eigenvalue weighted by molar-refractivity contribution is 5.43. The Bertz CT molecular complexity index is 435.